The number of alkyl halides is 6. The van der Waals surface area contributed by atoms with Crippen LogP contribution >= 0.6 is 0 Å². The van der Waals surface area contributed by atoms with Gasteiger partial charge in [0.15, 0.2) is 0 Å². The number of benzene rings is 2. The molecular weight excluding hydrogens is 468 g/mol. The predicted octanol–water partition coefficient (Wildman–Crippen LogP) is 3.93. The molecule has 3 aromatic rings. The largest absolute Gasteiger partial charge is 0.491 e. The Morgan fingerprint density at radius 2 is 1.71 bits per heavy atom. The van der Waals surface area contributed by atoms with E-state index in [1.807, 2.05) is 0 Å². The monoisotopic (exact) mass is 485 g/mol. The number of hydrogen-bond acceptors (Lipinski definition) is 6. The smallest absolute Gasteiger partial charge is 0.414 e. The van der Waals surface area contributed by atoms with Gasteiger partial charge in [-0.15, -0.1) is 0 Å². The molecule has 0 saturated heterocycles. The molecule has 4 N–H and O–H groups in total. The summed E-state index contributed by atoms with van der Waals surface area (Å²) in [5, 5.41) is 0.132. The first kappa shape index (κ1) is 23.4. The van der Waals surface area contributed by atoms with Crippen LogP contribution in [0, 0.1) is 0 Å². The van der Waals surface area contributed by atoms with Gasteiger partial charge < -0.3 is 15.0 Å². The third kappa shape index (κ3) is 3.52. The summed E-state index contributed by atoms with van der Waals surface area (Å²) in [5.74, 6) is -5.52. The second-order valence-corrected chi connectivity index (χ2v) is 7.66. The topological polar surface area (TPSA) is 98.9 Å². The molecule has 1 unspecified atom stereocenters. The highest BCUT2D eigenvalue weighted by molar-refractivity contribution is 6.03. The van der Waals surface area contributed by atoms with Crippen LogP contribution in [0.3, 0.4) is 0 Å². The number of nitrogens with zero attached hydrogens (tertiary/aromatic N) is 3. The molecule has 7 nitrogen and oxygen atoms in total. The van der Waals surface area contributed by atoms with E-state index in [9.17, 15) is 31.1 Å². The minimum Gasteiger partial charge on any atom is -0.414 e. The van der Waals surface area contributed by atoms with Crippen molar-refractivity contribution in [1.29, 1.82) is 0 Å². The molecule has 2 heterocycles. The maximum absolute atomic E-state index is 13.7. The lowest BCUT2D eigenvalue weighted by Crippen LogP contribution is -2.61. The molecule has 180 valence electrons. The number of carbonyl (C=O) groups is 1. The molecule has 1 aliphatic heterocycles. The Balaban J connectivity index is 2.07. The summed E-state index contributed by atoms with van der Waals surface area (Å²) in [6, 6.07) is 7.49. The third-order valence-corrected chi connectivity index (χ3v) is 5.57. The summed E-state index contributed by atoms with van der Waals surface area (Å²) in [6.07, 6.45) is -8.57. The molecule has 1 atom stereocenters. The maximum atomic E-state index is 13.7. The van der Waals surface area contributed by atoms with E-state index in [2.05, 4.69) is 9.73 Å². The van der Waals surface area contributed by atoms with Crippen molar-refractivity contribution in [2.45, 2.75) is 18.2 Å². The molecular formula is C21H17F6N5O2. The highest BCUT2D eigenvalue weighted by Gasteiger charge is 2.51. The second kappa shape index (κ2) is 7.38. The molecule has 0 bridgehead atoms. The highest BCUT2D eigenvalue weighted by Crippen LogP contribution is 2.47. The number of aromatic nitrogens is 1. The number of esters is 1. The van der Waals surface area contributed by atoms with Crippen LogP contribution < -0.4 is 11.5 Å². The van der Waals surface area contributed by atoms with Gasteiger partial charge in [0.2, 0.25) is 5.96 Å². The van der Waals surface area contributed by atoms with E-state index in [4.69, 9.17) is 11.5 Å². The Morgan fingerprint density at radius 1 is 1.06 bits per heavy atom. The van der Waals surface area contributed by atoms with Gasteiger partial charge in [-0.3, -0.25) is 10.6 Å². The van der Waals surface area contributed by atoms with Crippen molar-refractivity contribution in [1.82, 2.24) is 9.47 Å². The fraction of sp³-hybridized carbons (Fsp3) is 0.238. The number of fused-ring (bicyclic) bond motifs is 3. The van der Waals surface area contributed by atoms with E-state index in [1.54, 1.807) is 7.05 Å². The van der Waals surface area contributed by atoms with Gasteiger partial charge in [0.05, 0.1) is 22.3 Å². The van der Waals surface area contributed by atoms with E-state index in [-0.39, 0.29) is 33.3 Å². The van der Waals surface area contributed by atoms with Gasteiger partial charge in [0.25, 0.3) is 5.85 Å². The summed E-state index contributed by atoms with van der Waals surface area (Å²) < 4.78 is 86.4. The minimum absolute atomic E-state index is 0.0831. The lowest BCUT2D eigenvalue weighted by atomic mass is 9.92. The van der Waals surface area contributed by atoms with Crippen molar-refractivity contribution < 1.29 is 35.9 Å². The quantitative estimate of drug-likeness (QED) is 0.326. The van der Waals surface area contributed by atoms with E-state index in [1.165, 1.54) is 48.1 Å². The molecule has 2 aromatic carbocycles. The molecule has 1 aromatic heterocycles. The molecule has 0 amide bonds. The van der Waals surface area contributed by atoms with Crippen LogP contribution in [0.25, 0.3) is 22.0 Å². The predicted molar refractivity (Wildman–Crippen MR) is 110 cm³/mol. The number of aryl methyl sites for hydroxylation is 1. The number of aliphatic imine (C=N–C) groups is 1. The van der Waals surface area contributed by atoms with Gasteiger partial charge in [-0.25, -0.2) is 9.79 Å². The molecule has 0 saturated carbocycles. The van der Waals surface area contributed by atoms with E-state index >= 15 is 0 Å². The van der Waals surface area contributed by atoms with Crippen LogP contribution in [0.4, 0.5) is 32.0 Å². The Hall–Kier alpha value is -3.74. The number of rotatable bonds is 2. The molecule has 4 rings (SSSR count). The molecule has 13 heteroatoms. The van der Waals surface area contributed by atoms with Gasteiger partial charge in [-0.2, -0.15) is 26.3 Å². The fourth-order valence-corrected chi connectivity index (χ4v) is 3.97. The van der Waals surface area contributed by atoms with Crippen molar-refractivity contribution in [2.75, 3.05) is 7.05 Å². The van der Waals surface area contributed by atoms with E-state index in [0.29, 0.717) is 0 Å². The van der Waals surface area contributed by atoms with E-state index in [0.717, 1.165) is 11.0 Å². The number of guanidine groups is 1. The Labute approximate surface area is 188 Å². The Morgan fingerprint density at radius 3 is 2.32 bits per heavy atom. The van der Waals surface area contributed by atoms with Gasteiger partial charge in [-0.05, 0) is 23.8 Å². The Kier molecular flexibility index (Phi) is 5.09. The third-order valence-electron chi connectivity index (χ3n) is 5.57. The number of carbonyl (C=O) groups excluding carboxylic acids is 1. The summed E-state index contributed by atoms with van der Waals surface area (Å²) in [7, 11) is 2.71. The molecule has 0 spiro atoms. The second-order valence-electron chi connectivity index (χ2n) is 7.66. The van der Waals surface area contributed by atoms with Crippen molar-refractivity contribution >= 4 is 28.5 Å². The van der Waals surface area contributed by atoms with Gasteiger partial charge in [-0.1, -0.05) is 18.2 Å². The molecule has 0 radical (unpaired) electrons. The van der Waals surface area contributed by atoms with Crippen LogP contribution in [0.5, 0.6) is 0 Å². The number of ether oxygens (including phenoxy) is 1. The van der Waals surface area contributed by atoms with Gasteiger partial charge >= 0.3 is 18.3 Å². The maximum Gasteiger partial charge on any atom is 0.491 e. The Bertz CT molecular complexity index is 1340. The van der Waals surface area contributed by atoms with Crippen LogP contribution in [-0.2, 0) is 28.6 Å². The zero-order chi connectivity index (χ0) is 25.2. The minimum atomic E-state index is -5.36. The standard InChI is InChI=1S/C21H17F6N5O2/c1-31-8-7-11-15-14(30-18(28)32(2)21(15,29)34-17(33)20(25,26)27)9-12(16(11)31)10-5-3-4-6-13(10)19(22,23)24/h3-9H,29H2,1-2H3,(H2,28,30). The number of hydrogen-bond donors (Lipinski definition) is 2. The summed E-state index contributed by atoms with van der Waals surface area (Å²) >= 11 is 0. The summed E-state index contributed by atoms with van der Waals surface area (Å²) in [4.78, 5) is 16.7. The normalized spacial score (nSPS) is 18.6. The SMILES string of the molecule is CN1C(N)=Nc2cc(-c3ccccc3C(F)(F)F)c3c(ccn3C)c2C1(N)OC(=O)C(F)(F)F. The first-order chi connectivity index (χ1) is 15.7. The first-order valence-electron chi connectivity index (χ1n) is 9.62. The molecule has 34 heavy (non-hydrogen) atoms. The zero-order valence-electron chi connectivity index (χ0n) is 17.6. The number of nitrogens with two attached hydrogens (primary N) is 2. The summed E-state index contributed by atoms with van der Waals surface area (Å²) in [6.45, 7) is 0. The average Bonchev–Trinajstić information content (AvgIpc) is 3.11. The number of halogens is 6. The van der Waals surface area contributed by atoms with Crippen molar-refractivity contribution in [3.8, 4) is 11.1 Å². The lowest BCUT2D eigenvalue weighted by molar-refractivity contribution is -0.226. The van der Waals surface area contributed by atoms with Crippen molar-refractivity contribution in [3.63, 3.8) is 0 Å². The van der Waals surface area contributed by atoms with Gasteiger partial charge in [0, 0.05) is 31.2 Å². The van der Waals surface area contributed by atoms with Crippen molar-refractivity contribution in [2.24, 2.45) is 23.5 Å². The van der Waals surface area contributed by atoms with Gasteiger partial charge in [0.1, 0.15) is 0 Å². The summed E-state index contributed by atoms with van der Waals surface area (Å²) in [5.41, 5.74) is 10.9. The van der Waals surface area contributed by atoms with Crippen LogP contribution in [-0.4, -0.2) is 34.6 Å². The average molecular weight is 485 g/mol. The highest BCUT2D eigenvalue weighted by atomic mass is 19.4. The molecule has 1 aliphatic rings. The zero-order valence-corrected chi connectivity index (χ0v) is 17.6. The molecule has 0 aliphatic carbocycles. The fourth-order valence-electron chi connectivity index (χ4n) is 3.97. The van der Waals surface area contributed by atoms with Crippen LogP contribution in [0.2, 0.25) is 0 Å². The van der Waals surface area contributed by atoms with Crippen LogP contribution in [0.15, 0.2) is 47.6 Å². The lowest BCUT2D eigenvalue weighted by Gasteiger charge is -2.41. The van der Waals surface area contributed by atoms with Crippen molar-refractivity contribution in [3.05, 3.63) is 53.7 Å². The first-order valence-corrected chi connectivity index (χ1v) is 9.62. The molecule has 0 fully saturated rings. The van der Waals surface area contributed by atoms with E-state index < -0.39 is 35.7 Å². The van der Waals surface area contributed by atoms with Crippen LogP contribution in [0.1, 0.15) is 11.1 Å².